The van der Waals surface area contributed by atoms with Gasteiger partial charge in [-0.25, -0.2) is 21.9 Å². The molecule has 1 N–H and O–H groups in total. The highest BCUT2D eigenvalue weighted by Gasteiger charge is 2.11. The standard InChI is InChI=1S/C16H17F2NO2S/c17-15-7-6-14(16(18)12-15)8-10-19-22(20,21)11-9-13-4-2-1-3-5-13/h1-7,12,19H,8-11H2. The summed E-state index contributed by atoms with van der Waals surface area (Å²) >= 11 is 0. The molecule has 22 heavy (non-hydrogen) atoms. The summed E-state index contributed by atoms with van der Waals surface area (Å²) < 4.78 is 52.4. The van der Waals surface area contributed by atoms with Crippen LogP contribution in [-0.2, 0) is 22.9 Å². The van der Waals surface area contributed by atoms with E-state index in [2.05, 4.69) is 4.72 Å². The van der Waals surface area contributed by atoms with Gasteiger partial charge in [0.1, 0.15) is 11.6 Å². The van der Waals surface area contributed by atoms with Crippen LogP contribution < -0.4 is 4.72 Å². The lowest BCUT2D eigenvalue weighted by Crippen LogP contribution is -2.29. The molecule has 0 fully saturated rings. The minimum Gasteiger partial charge on any atom is -0.215 e. The quantitative estimate of drug-likeness (QED) is 0.851. The molecular weight excluding hydrogens is 308 g/mol. The van der Waals surface area contributed by atoms with E-state index >= 15 is 0 Å². The Hall–Kier alpha value is -1.79. The fraction of sp³-hybridized carbons (Fsp3) is 0.250. The largest absolute Gasteiger partial charge is 0.215 e. The first-order chi connectivity index (χ1) is 10.5. The van der Waals surface area contributed by atoms with Crippen LogP contribution in [0.15, 0.2) is 48.5 Å². The van der Waals surface area contributed by atoms with Gasteiger partial charge >= 0.3 is 0 Å². The van der Waals surface area contributed by atoms with Crippen molar-refractivity contribution in [3.05, 3.63) is 71.3 Å². The van der Waals surface area contributed by atoms with Crippen LogP contribution in [0.3, 0.4) is 0 Å². The third-order valence-corrected chi connectivity index (χ3v) is 4.62. The van der Waals surface area contributed by atoms with E-state index in [9.17, 15) is 17.2 Å². The topological polar surface area (TPSA) is 46.2 Å². The molecule has 0 heterocycles. The molecule has 0 amide bonds. The number of nitrogens with one attached hydrogen (secondary N) is 1. The molecule has 3 nitrogen and oxygen atoms in total. The summed E-state index contributed by atoms with van der Waals surface area (Å²) in [5.41, 5.74) is 1.23. The smallest absolute Gasteiger partial charge is 0.211 e. The van der Waals surface area contributed by atoms with Gasteiger partial charge in [0.2, 0.25) is 10.0 Å². The SMILES string of the molecule is O=S(=O)(CCc1ccccc1)NCCc1ccc(F)cc1F. The minimum absolute atomic E-state index is 0.0249. The highest BCUT2D eigenvalue weighted by molar-refractivity contribution is 7.89. The molecule has 2 rings (SSSR count). The van der Waals surface area contributed by atoms with E-state index in [-0.39, 0.29) is 24.3 Å². The van der Waals surface area contributed by atoms with Crippen molar-refractivity contribution < 1.29 is 17.2 Å². The summed E-state index contributed by atoms with van der Waals surface area (Å²) in [4.78, 5) is 0. The molecule has 0 bridgehead atoms. The molecule has 0 radical (unpaired) electrons. The normalized spacial score (nSPS) is 11.5. The summed E-state index contributed by atoms with van der Waals surface area (Å²) in [7, 11) is -3.42. The second kappa shape index (κ2) is 7.47. The Kier molecular flexibility index (Phi) is 5.63. The van der Waals surface area contributed by atoms with Crippen LogP contribution in [-0.4, -0.2) is 20.7 Å². The van der Waals surface area contributed by atoms with E-state index in [1.54, 1.807) is 0 Å². The molecule has 0 spiro atoms. The van der Waals surface area contributed by atoms with Crippen molar-refractivity contribution in [3.8, 4) is 0 Å². The predicted octanol–water partition coefficient (Wildman–Crippen LogP) is 2.67. The Morgan fingerprint density at radius 3 is 2.36 bits per heavy atom. The number of halogens is 2. The number of sulfonamides is 1. The summed E-state index contributed by atoms with van der Waals surface area (Å²) in [6.07, 6.45) is 0.595. The van der Waals surface area contributed by atoms with E-state index in [1.807, 2.05) is 30.3 Å². The Bertz CT molecular complexity index is 718. The molecule has 6 heteroatoms. The van der Waals surface area contributed by atoms with Gasteiger partial charge in [0, 0.05) is 12.6 Å². The maximum absolute atomic E-state index is 13.4. The van der Waals surface area contributed by atoms with Crippen molar-refractivity contribution in [1.82, 2.24) is 4.72 Å². The van der Waals surface area contributed by atoms with Crippen LogP contribution in [0.25, 0.3) is 0 Å². The fourth-order valence-electron chi connectivity index (χ4n) is 2.03. The first kappa shape index (κ1) is 16.6. The zero-order chi connectivity index (χ0) is 16.0. The van der Waals surface area contributed by atoms with Crippen molar-refractivity contribution in [2.24, 2.45) is 0 Å². The number of hydrogen-bond donors (Lipinski definition) is 1. The van der Waals surface area contributed by atoms with E-state index in [0.717, 1.165) is 17.7 Å². The van der Waals surface area contributed by atoms with Crippen molar-refractivity contribution in [2.45, 2.75) is 12.8 Å². The zero-order valence-electron chi connectivity index (χ0n) is 11.9. The first-order valence-electron chi connectivity index (χ1n) is 6.91. The van der Waals surface area contributed by atoms with Gasteiger partial charge < -0.3 is 0 Å². The van der Waals surface area contributed by atoms with Crippen LogP contribution in [0.4, 0.5) is 8.78 Å². The Balaban J connectivity index is 1.82. The molecule has 0 atom stereocenters. The highest BCUT2D eigenvalue weighted by atomic mass is 32.2. The lowest BCUT2D eigenvalue weighted by molar-refractivity contribution is 0.565. The molecule has 118 valence electrons. The van der Waals surface area contributed by atoms with Crippen molar-refractivity contribution >= 4 is 10.0 Å². The third kappa shape index (κ3) is 5.20. The number of aryl methyl sites for hydroxylation is 1. The van der Waals surface area contributed by atoms with Gasteiger partial charge in [-0.05, 0) is 30.0 Å². The minimum atomic E-state index is -3.42. The van der Waals surface area contributed by atoms with Gasteiger partial charge in [-0.15, -0.1) is 0 Å². The van der Waals surface area contributed by atoms with Crippen LogP contribution in [0, 0.1) is 11.6 Å². The molecule has 0 saturated carbocycles. The Morgan fingerprint density at radius 1 is 0.955 bits per heavy atom. The average molecular weight is 325 g/mol. The van der Waals surface area contributed by atoms with Crippen molar-refractivity contribution in [3.63, 3.8) is 0 Å². The number of rotatable bonds is 7. The second-order valence-electron chi connectivity index (χ2n) is 4.93. The second-order valence-corrected chi connectivity index (χ2v) is 6.86. The van der Waals surface area contributed by atoms with Crippen LogP contribution >= 0.6 is 0 Å². The molecule has 2 aromatic carbocycles. The van der Waals surface area contributed by atoms with Crippen molar-refractivity contribution in [1.29, 1.82) is 0 Å². The van der Waals surface area contributed by atoms with Gasteiger partial charge in [0.05, 0.1) is 5.75 Å². The van der Waals surface area contributed by atoms with E-state index in [1.165, 1.54) is 6.07 Å². The molecule has 0 aliphatic carbocycles. The molecule has 0 aliphatic rings. The summed E-state index contributed by atoms with van der Waals surface area (Å²) in [5.74, 6) is -1.34. The van der Waals surface area contributed by atoms with Gasteiger partial charge in [0.15, 0.2) is 0 Å². The predicted molar refractivity (Wildman–Crippen MR) is 82.0 cm³/mol. The van der Waals surface area contributed by atoms with Gasteiger partial charge in [-0.2, -0.15) is 0 Å². The summed E-state index contributed by atoms with van der Waals surface area (Å²) in [6, 6.07) is 12.6. The highest BCUT2D eigenvalue weighted by Crippen LogP contribution is 2.10. The summed E-state index contributed by atoms with van der Waals surface area (Å²) in [5, 5.41) is 0. The maximum Gasteiger partial charge on any atom is 0.211 e. The number of benzene rings is 2. The maximum atomic E-state index is 13.4. The molecule has 0 aromatic heterocycles. The Labute approximate surface area is 129 Å². The zero-order valence-corrected chi connectivity index (χ0v) is 12.7. The number of hydrogen-bond acceptors (Lipinski definition) is 2. The van der Waals surface area contributed by atoms with E-state index in [4.69, 9.17) is 0 Å². The monoisotopic (exact) mass is 325 g/mol. The third-order valence-electron chi connectivity index (χ3n) is 3.23. The van der Waals surface area contributed by atoms with E-state index in [0.29, 0.717) is 6.42 Å². The average Bonchev–Trinajstić information content (AvgIpc) is 2.49. The van der Waals surface area contributed by atoms with Crippen LogP contribution in [0.1, 0.15) is 11.1 Å². The van der Waals surface area contributed by atoms with Gasteiger partial charge in [0.25, 0.3) is 0 Å². The van der Waals surface area contributed by atoms with Gasteiger partial charge in [-0.3, -0.25) is 0 Å². The van der Waals surface area contributed by atoms with E-state index < -0.39 is 21.7 Å². The first-order valence-corrected chi connectivity index (χ1v) is 8.57. The molecular formula is C16H17F2NO2S. The molecule has 0 unspecified atom stereocenters. The van der Waals surface area contributed by atoms with Crippen LogP contribution in [0.2, 0.25) is 0 Å². The lowest BCUT2D eigenvalue weighted by Gasteiger charge is -2.07. The summed E-state index contributed by atoms with van der Waals surface area (Å²) in [6.45, 7) is 0.0830. The van der Waals surface area contributed by atoms with Crippen LogP contribution in [0.5, 0.6) is 0 Å². The Morgan fingerprint density at radius 2 is 1.68 bits per heavy atom. The fourth-order valence-corrected chi connectivity index (χ4v) is 3.10. The van der Waals surface area contributed by atoms with Crippen molar-refractivity contribution in [2.75, 3.05) is 12.3 Å². The van der Waals surface area contributed by atoms with Gasteiger partial charge in [-0.1, -0.05) is 36.4 Å². The molecule has 0 aliphatic heterocycles. The lowest BCUT2D eigenvalue weighted by atomic mass is 10.1. The molecule has 2 aromatic rings. The molecule has 0 saturated heterocycles.